The van der Waals surface area contributed by atoms with Gasteiger partial charge in [0.2, 0.25) is 11.8 Å². The first kappa shape index (κ1) is 50.3. The zero-order valence-electron chi connectivity index (χ0n) is 33.4. The van der Waals surface area contributed by atoms with Gasteiger partial charge in [0.25, 0.3) is 5.79 Å². The Kier molecular flexibility index (Phi) is 18.3. The summed E-state index contributed by atoms with van der Waals surface area (Å²) in [5.41, 5.74) is 0. The summed E-state index contributed by atoms with van der Waals surface area (Å²) in [5, 5.41) is 133. The monoisotopic (exact) mass is 876 g/mol. The molecule has 4 heterocycles. The van der Waals surface area contributed by atoms with Gasteiger partial charge in [0, 0.05) is 26.9 Å². The van der Waals surface area contributed by atoms with E-state index >= 15 is 0 Å². The van der Waals surface area contributed by atoms with E-state index in [0.717, 1.165) is 13.8 Å². The standard InChI is InChI=1S/C35H60N2O23/c1-5-6-7-53-31-20(37-14(4)42)29(27(18(11-40)56-31)57-32-25(49)24(48)21(45)12(2)54-32)58-33-26(50)30(23(47)17(10-39)55-33)60-35(34(51)52)8-15(43)19(36-13(3)41)28(59-35)22(46)16(44)9-38/h12,15-33,38-40,43-50H,5-11H2,1-4H3,(H,36,41)(H,37,42)(H,51,52)/t12?,15-,16-,17?,18?,19-,20?,21-,22-,23+,24?,25+,26?,27-,28?,29-,30+,31-,32+,33+,35+/m1/s1. The number of aliphatic hydroxyl groups is 11. The predicted molar refractivity (Wildman–Crippen MR) is 192 cm³/mol. The SMILES string of the molecule is CCCCO[C@@H]1OC(CO)[C@@H](O[C@@H]2OC(C)[C@@H](O)C(O)[C@@H]2O)[C@H](O[C@@H]2OC(CO)[C@H](O)[C@H](O[C@]3(C(=O)O)C[C@@H](O)[C@@H](NC(C)=O)C([C@H](O)[C@H](O)CO)O3)C2O)C1NC(C)=O. The molecule has 0 radical (unpaired) electrons. The fourth-order valence-corrected chi connectivity index (χ4v) is 7.46. The molecule has 0 saturated carbocycles. The first-order valence-electron chi connectivity index (χ1n) is 19.5. The van der Waals surface area contributed by atoms with Crippen molar-refractivity contribution in [3.05, 3.63) is 0 Å². The van der Waals surface area contributed by atoms with Crippen LogP contribution in [-0.2, 0) is 52.3 Å². The van der Waals surface area contributed by atoms with Crippen molar-refractivity contribution in [1.29, 1.82) is 0 Å². The summed E-state index contributed by atoms with van der Waals surface area (Å²) < 4.78 is 47.0. The van der Waals surface area contributed by atoms with Gasteiger partial charge in [-0.15, -0.1) is 0 Å². The maximum Gasteiger partial charge on any atom is 0.364 e. The van der Waals surface area contributed by atoms with E-state index in [9.17, 15) is 75.7 Å². The third-order valence-corrected chi connectivity index (χ3v) is 10.7. The molecule has 7 unspecified atom stereocenters. The minimum Gasteiger partial charge on any atom is -0.477 e. The number of carbonyl (C=O) groups excluding carboxylic acids is 2. The second-order valence-electron chi connectivity index (χ2n) is 15.2. The minimum atomic E-state index is -3.11. The Labute approximate surface area is 343 Å². The van der Waals surface area contributed by atoms with Crippen molar-refractivity contribution < 1.29 is 114 Å². The van der Waals surface area contributed by atoms with Crippen molar-refractivity contribution in [2.24, 2.45) is 0 Å². The molecule has 4 saturated heterocycles. The fraction of sp³-hybridized carbons (Fsp3) is 0.914. The van der Waals surface area contributed by atoms with E-state index in [1.165, 1.54) is 6.92 Å². The lowest BCUT2D eigenvalue weighted by molar-refractivity contribution is -0.390. The number of ether oxygens (including phenoxy) is 8. The highest BCUT2D eigenvalue weighted by Crippen LogP contribution is 2.39. The van der Waals surface area contributed by atoms with Gasteiger partial charge in [0.15, 0.2) is 18.9 Å². The van der Waals surface area contributed by atoms with E-state index < -0.39 is 172 Å². The largest absolute Gasteiger partial charge is 0.477 e. The Morgan fingerprint density at radius 3 is 1.90 bits per heavy atom. The second-order valence-corrected chi connectivity index (χ2v) is 15.2. The lowest BCUT2D eigenvalue weighted by Crippen LogP contribution is -2.71. The second kappa shape index (κ2) is 21.8. The lowest BCUT2D eigenvalue weighted by Gasteiger charge is -2.51. The number of nitrogens with one attached hydrogen (secondary N) is 2. The summed E-state index contributed by atoms with van der Waals surface area (Å²) in [7, 11) is 0. The molecule has 25 heteroatoms. The van der Waals surface area contributed by atoms with Crippen molar-refractivity contribution in [2.75, 3.05) is 26.4 Å². The van der Waals surface area contributed by atoms with Crippen LogP contribution in [0.3, 0.4) is 0 Å². The summed E-state index contributed by atoms with van der Waals surface area (Å²) in [6.07, 6.45) is -32.7. The minimum absolute atomic E-state index is 0.0634. The molecule has 4 fully saturated rings. The molecule has 0 spiro atoms. The molecule has 0 aromatic heterocycles. The smallest absolute Gasteiger partial charge is 0.364 e. The summed E-state index contributed by atoms with van der Waals surface area (Å²) in [4.78, 5) is 37.6. The molecular formula is C35H60N2O23. The van der Waals surface area contributed by atoms with Crippen molar-refractivity contribution in [3.63, 3.8) is 0 Å². The summed E-state index contributed by atoms with van der Waals surface area (Å²) in [5.74, 6) is -6.57. The van der Waals surface area contributed by atoms with Gasteiger partial charge >= 0.3 is 5.97 Å². The maximum absolute atomic E-state index is 13.0. The molecule has 14 N–H and O–H groups in total. The molecule has 4 aliphatic heterocycles. The number of carboxylic acids is 1. The van der Waals surface area contributed by atoms with Crippen molar-refractivity contribution in [3.8, 4) is 0 Å². The van der Waals surface area contributed by atoms with Crippen LogP contribution >= 0.6 is 0 Å². The van der Waals surface area contributed by atoms with Crippen molar-refractivity contribution in [1.82, 2.24) is 10.6 Å². The van der Waals surface area contributed by atoms with Gasteiger partial charge in [-0.3, -0.25) is 9.59 Å². The van der Waals surface area contributed by atoms with Gasteiger partial charge in [-0.2, -0.15) is 0 Å². The number of carbonyl (C=O) groups is 3. The molecule has 21 atom stereocenters. The average molecular weight is 877 g/mol. The highest BCUT2D eigenvalue weighted by atomic mass is 16.8. The van der Waals surface area contributed by atoms with E-state index in [4.69, 9.17) is 37.9 Å². The summed E-state index contributed by atoms with van der Waals surface area (Å²) in [6, 6.07) is -3.02. The van der Waals surface area contributed by atoms with E-state index in [0.29, 0.717) is 12.8 Å². The van der Waals surface area contributed by atoms with Crippen LogP contribution in [-0.4, -0.2) is 234 Å². The third kappa shape index (κ3) is 11.2. The predicted octanol–water partition coefficient (Wildman–Crippen LogP) is -7.40. The van der Waals surface area contributed by atoms with Crippen LogP contribution in [0.15, 0.2) is 0 Å². The number of aliphatic hydroxyl groups excluding tert-OH is 11. The van der Waals surface area contributed by atoms with Gasteiger partial charge < -0.3 is 110 Å². The Bertz CT molecular complexity index is 1400. The molecule has 60 heavy (non-hydrogen) atoms. The lowest BCUT2D eigenvalue weighted by atomic mass is 9.88. The highest BCUT2D eigenvalue weighted by molar-refractivity contribution is 5.76. The number of carboxylic acid groups (broad SMARTS) is 1. The summed E-state index contributed by atoms with van der Waals surface area (Å²) in [6.45, 7) is 2.50. The Morgan fingerprint density at radius 1 is 0.750 bits per heavy atom. The number of unbranched alkanes of at least 4 members (excludes halogenated alkanes) is 1. The van der Waals surface area contributed by atoms with Gasteiger partial charge in [0.05, 0.1) is 38.1 Å². The zero-order chi connectivity index (χ0) is 44.8. The Morgan fingerprint density at radius 2 is 1.33 bits per heavy atom. The first-order chi connectivity index (χ1) is 28.2. The van der Waals surface area contributed by atoms with Crippen LogP contribution in [0.1, 0.15) is 47.0 Å². The first-order valence-corrected chi connectivity index (χ1v) is 19.5. The average Bonchev–Trinajstić information content (AvgIpc) is 3.20. The van der Waals surface area contributed by atoms with E-state index in [1.54, 1.807) is 0 Å². The number of hydrogen-bond acceptors (Lipinski definition) is 22. The molecular weight excluding hydrogens is 816 g/mol. The molecule has 25 nitrogen and oxygen atoms in total. The molecule has 348 valence electrons. The Balaban J connectivity index is 1.76. The zero-order valence-corrected chi connectivity index (χ0v) is 33.4. The fourth-order valence-electron chi connectivity index (χ4n) is 7.46. The highest BCUT2D eigenvalue weighted by Gasteiger charge is 2.61. The van der Waals surface area contributed by atoms with Crippen LogP contribution in [0.25, 0.3) is 0 Å². The summed E-state index contributed by atoms with van der Waals surface area (Å²) >= 11 is 0. The molecule has 0 aromatic carbocycles. The van der Waals surface area contributed by atoms with Crippen LogP contribution < -0.4 is 10.6 Å². The van der Waals surface area contributed by atoms with Gasteiger partial charge in [-0.1, -0.05) is 13.3 Å². The normalized spacial score (nSPS) is 43.5. The number of rotatable bonds is 18. The molecule has 0 bridgehead atoms. The van der Waals surface area contributed by atoms with Gasteiger partial charge in [0.1, 0.15) is 85.4 Å². The molecule has 0 aromatic rings. The van der Waals surface area contributed by atoms with Crippen molar-refractivity contribution >= 4 is 17.8 Å². The van der Waals surface area contributed by atoms with Crippen LogP contribution in [0, 0.1) is 0 Å². The molecule has 4 aliphatic rings. The quantitative estimate of drug-likeness (QED) is 0.0569. The maximum atomic E-state index is 13.0. The van der Waals surface area contributed by atoms with E-state index in [2.05, 4.69) is 10.6 Å². The molecule has 2 amide bonds. The van der Waals surface area contributed by atoms with Crippen molar-refractivity contribution in [2.45, 2.75) is 175 Å². The topological polar surface area (TPSA) is 392 Å². The van der Waals surface area contributed by atoms with Crippen LogP contribution in [0.5, 0.6) is 0 Å². The molecule has 4 rings (SSSR count). The van der Waals surface area contributed by atoms with Crippen LogP contribution in [0.2, 0.25) is 0 Å². The Hall–Kier alpha value is -2.35. The van der Waals surface area contributed by atoms with Gasteiger partial charge in [-0.25, -0.2) is 4.79 Å². The number of amides is 2. The number of hydrogen-bond donors (Lipinski definition) is 14. The van der Waals surface area contributed by atoms with Crippen LogP contribution in [0.4, 0.5) is 0 Å². The molecule has 0 aliphatic carbocycles. The van der Waals surface area contributed by atoms with E-state index in [-0.39, 0.29) is 6.61 Å². The van der Waals surface area contributed by atoms with E-state index in [1.807, 2.05) is 6.92 Å². The van der Waals surface area contributed by atoms with Gasteiger partial charge in [-0.05, 0) is 13.3 Å². The number of aliphatic carboxylic acids is 1. The third-order valence-electron chi connectivity index (χ3n) is 10.7.